The maximum atomic E-state index is 12.6. The van der Waals surface area contributed by atoms with Crippen molar-refractivity contribution in [2.75, 3.05) is 41.9 Å². The van der Waals surface area contributed by atoms with Crippen LogP contribution in [0.3, 0.4) is 0 Å². The van der Waals surface area contributed by atoms with Gasteiger partial charge in [-0.3, -0.25) is 4.79 Å². The summed E-state index contributed by atoms with van der Waals surface area (Å²) in [6.45, 7) is 4.91. The number of alkyl halides is 1. The SMILES string of the molecule is Cc1ccnc(C(CBr)Nc2ccc3c(c2)Sc2cccc(-c4cc(N5CCOCC5)cc(=O)[nH]4)c2S3)n1. The zero-order chi connectivity index (χ0) is 26.1. The van der Waals surface area contributed by atoms with E-state index >= 15 is 0 Å². The van der Waals surface area contributed by atoms with Crippen LogP contribution in [0.4, 0.5) is 11.4 Å². The zero-order valence-electron chi connectivity index (χ0n) is 20.7. The molecule has 194 valence electrons. The molecule has 2 aromatic heterocycles. The molecule has 0 amide bonds. The van der Waals surface area contributed by atoms with Crippen LogP contribution in [0.25, 0.3) is 11.3 Å². The van der Waals surface area contributed by atoms with E-state index in [1.807, 2.05) is 13.0 Å². The lowest BCUT2D eigenvalue weighted by atomic mass is 10.1. The number of nitrogens with zero attached hydrogens (tertiary/aromatic N) is 3. The van der Waals surface area contributed by atoms with E-state index in [1.165, 1.54) is 14.7 Å². The monoisotopic (exact) mass is 607 g/mol. The van der Waals surface area contributed by atoms with Gasteiger partial charge in [0.2, 0.25) is 5.56 Å². The van der Waals surface area contributed by atoms with Crippen molar-refractivity contribution in [1.29, 1.82) is 0 Å². The standard InChI is InChI=1S/C28H26BrN5O2S2/c1-17-7-8-30-28(31-17)22(16-29)32-18-5-6-23-25(13-18)37-24-4-2-3-20(27(24)38-23)21-14-19(15-26(35)33-21)34-9-11-36-12-10-34/h2-8,13-15,22,32H,9-12,16H2,1H3,(H,33,35). The van der Waals surface area contributed by atoms with Crippen molar-refractivity contribution in [3.05, 3.63) is 82.7 Å². The largest absolute Gasteiger partial charge is 0.378 e. The van der Waals surface area contributed by atoms with Crippen LogP contribution in [0.15, 0.2) is 85.2 Å². The summed E-state index contributed by atoms with van der Waals surface area (Å²) in [6, 6.07) is 18.4. The number of fused-ring (bicyclic) bond motifs is 2. The van der Waals surface area contributed by atoms with Crippen LogP contribution in [0.5, 0.6) is 0 Å². The number of hydrogen-bond donors (Lipinski definition) is 2. The molecule has 1 unspecified atom stereocenters. The van der Waals surface area contributed by atoms with E-state index in [2.05, 4.69) is 83.6 Å². The first kappa shape index (κ1) is 25.5. The van der Waals surface area contributed by atoms with Gasteiger partial charge in [0, 0.05) is 72.9 Å². The molecule has 4 aromatic rings. The van der Waals surface area contributed by atoms with Gasteiger partial charge in [-0.1, -0.05) is 51.6 Å². The van der Waals surface area contributed by atoms with Crippen molar-refractivity contribution in [2.45, 2.75) is 32.5 Å². The number of morpholine rings is 1. The summed E-state index contributed by atoms with van der Waals surface area (Å²) in [7, 11) is 0. The number of ether oxygens (including phenoxy) is 1. The highest BCUT2D eigenvalue weighted by atomic mass is 79.9. The lowest BCUT2D eigenvalue weighted by Gasteiger charge is -2.29. The van der Waals surface area contributed by atoms with Gasteiger partial charge in [0.15, 0.2) is 5.82 Å². The highest BCUT2D eigenvalue weighted by molar-refractivity contribution is 9.09. The smallest absolute Gasteiger partial charge is 0.250 e. The Balaban J connectivity index is 1.28. The zero-order valence-corrected chi connectivity index (χ0v) is 24.0. The maximum Gasteiger partial charge on any atom is 0.250 e. The molecule has 0 aliphatic carbocycles. The molecular formula is C28H26BrN5O2S2. The summed E-state index contributed by atoms with van der Waals surface area (Å²) in [5.41, 5.74) is 4.69. The second-order valence-corrected chi connectivity index (χ2v) is 11.9. The third-order valence-corrected chi connectivity index (χ3v) is 9.71. The predicted octanol–water partition coefficient (Wildman–Crippen LogP) is 6.14. The maximum absolute atomic E-state index is 12.6. The van der Waals surface area contributed by atoms with Gasteiger partial charge < -0.3 is 19.9 Å². The predicted molar refractivity (Wildman–Crippen MR) is 157 cm³/mol. The van der Waals surface area contributed by atoms with E-state index in [-0.39, 0.29) is 11.6 Å². The van der Waals surface area contributed by atoms with Crippen LogP contribution in [-0.4, -0.2) is 46.6 Å². The second-order valence-electron chi connectivity index (χ2n) is 9.12. The number of rotatable bonds is 6. The van der Waals surface area contributed by atoms with Crippen LogP contribution < -0.4 is 15.8 Å². The highest BCUT2D eigenvalue weighted by Crippen LogP contribution is 2.52. The number of H-pyrrole nitrogens is 1. The first-order valence-electron chi connectivity index (χ1n) is 12.4. The summed E-state index contributed by atoms with van der Waals surface area (Å²) >= 11 is 7.11. The molecule has 0 bridgehead atoms. The van der Waals surface area contributed by atoms with Crippen LogP contribution in [0.1, 0.15) is 17.6 Å². The number of benzene rings is 2. The molecule has 1 saturated heterocycles. The van der Waals surface area contributed by atoms with Crippen molar-refractivity contribution in [2.24, 2.45) is 0 Å². The summed E-state index contributed by atoms with van der Waals surface area (Å²) in [6.07, 6.45) is 1.80. The van der Waals surface area contributed by atoms with Gasteiger partial charge in [0.1, 0.15) is 0 Å². The lowest BCUT2D eigenvalue weighted by Crippen LogP contribution is -2.36. The van der Waals surface area contributed by atoms with Crippen molar-refractivity contribution in [3.8, 4) is 11.3 Å². The summed E-state index contributed by atoms with van der Waals surface area (Å²) < 4.78 is 5.49. The van der Waals surface area contributed by atoms with E-state index < -0.39 is 0 Å². The molecule has 1 fully saturated rings. The van der Waals surface area contributed by atoms with E-state index in [0.29, 0.717) is 18.5 Å². The molecule has 38 heavy (non-hydrogen) atoms. The number of pyridine rings is 1. The normalized spacial score (nSPS) is 15.5. The number of nitrogens with one attached hydrogen (secondary N) is 2. The van der Waals surface area contributed by atoms with Crippen LogP contribution in [0.2, 0.25) is 0 Å². The van der Waals surface area contributed by atoms with E-state index in [1.54, 1.807) is 35.8 Å². The molecule has 6 rings (SSSR count). The molecule has 4 heterocycles. The van der Waals surface area contributed by atoms with Gasteiger partial charge >= 0.3 is 0 Å². The fourth-order valence-corrected chi connectivity index (χ4v) is 7.46. The molecule has 2 aromatic carbocycles. The second kappa shape index (κ2) is 11.1. The number of halogens is 1. The van der Waals surface area contributed by atoms with Crippen molar-refractivity contribution >= 4 is 50.8 Å². The van der Waals surface area contributed by atoms with Crippen LogP contribution in [-0.2, 0) is 4.74 Å². The van der Waals surface area contributed by atoms with E-state index in [4.69, 9.17) is 4.74 Å². The molecule has 7 nitrogen and oxygen atoms in total. The van der Waals surface area contributed by atoms with Gasteiger partial charge in [-0.2, -0.15) is 0 Å². The minimum Gasteiger partial charge on any atom is -0.378 e. The quantitative estimate of drug-likeness (QED) is 0.223. The van der Waals surface area contributed by atoms with Gasteiger partial charge in [-0.25, -0.2) is 9.97 Å². The molecule has 2 aliphatic rings. The fraction of sp³-hybridized carbons (Fsp3) is 0.250. The highest BCUT2D eigenvalue weighted by Gasteiger charge is 2.23. The number of hydrogen-bond acceptors (Lipinski definition) is 8. The van der Waals surface area contributed by atoms with Gasteiger partial charge in [-0.15, -0.1) is 0 Å². The van der Waals surface area contributed by atoms with Crippen molar-refractivity contribution in [3.63, 3.8) is 0 Å². The number of aromatic nitrogens is 3. The Labute approximate surface area is 238 Å². The third kappa shape index (κ3) is 5.36. The minimum atomic E-state index is -0.0925. The van der Waals surface area contributed by atoms with Crippen molar-refractivity contribution < 1.29 is 4.74 Å². The molecule has 2 aliphatic heterocycles. The summed E-state index contributed by atoms with van der Waals surface area (Å²) in [4.78, 5) is 31.7. The average Bonchev–Trinajstić information content (AvgIpc) is 2.94. The minimum absolute atomic E-state index is 0.0383. The van der Waals surface area contributed by atoms with E-state index in [0.717, 1.165) is 52.1 Å². The van der Waals surface area contributed by atoms with Crippen LogP contribution >= 0.6 is 39.5 Å². The number of aryl methyl sites for hydroxylation is 1. The molecule has 0 spiro atoms. The van der Waals surface area contributed by atoms with Crippen LogP contribution in [0, 0.1) is 6.92 Å². The Bertz CT molecular complexity index is 1540. The van der Waals surface area contributed by atoms with Gasteiger partial charge in [-0.05, 0) is 43.3 Å². The molecule has 0 radical (unpaired) electrons. The Morgan fingerprint density at radius 2 is 1.95 bits per heavy atom. The Hall–Kier alpha value is -2.79. The Kier molecular flexibility index (Phi) is 7.47. The van der Waals surface area contributed by atoms with Gasteiger partial charge in [0.05, 0.1) is 24.9 Å². The first-order chi connectivity index (χ1) is 18.6. The van der Waals surface area contributed by atoms with Gasteiger partial charge in [0.25, 0.3) is 0 Å². The Morgan fingerprint density at radius 3 is 2.76 bits per heavy atom. The molecule has 10 heteroatoms. The number of aromatic amines is 1. The van der Waals surface area contributed by atoms with Crippen molar-refractivity contribution in [1.82, 2.24) is 15.0 Å². The summed E-state index contributed by atoms with van der Waals surface area (Å²) in [5.74, 6) is 0.768. The summed E-state index contributed by atoms with van der Waals surface area (Å²) in [5, 5.41) is 4.28. The fourth-order valence-electron chi connectivity index (χ4n) is 4.59. The first-order valence-corrected chi connectivity index (χ1v) is 15.1. The molecular weight excluding hydrogens is 582 g/mol. The average molecular weight is 609 g/mol. The Morgan fingerprint density at radius 1 is 1.08 bits per heavy atom. The van der Waals surface area contributed by atoms with E-state index in [9.17, 15) is 4.79 Å². The lowest BCUT2D eigenvalue weighted by molar-refractivity contribution is 0.122. The molecule has 2 N–H and O–H groups in total. The molecule has 1 atom stereocenters. The molecule has 0 saturated carbocycles. The topological polar surface area (TPSA) is 83.1 Å². The number of anilines is 2. The third-order valence-electron chi connectivity index (χ3n) is 6.47.